The predicted molar refractivity (Wildman–Crippen MR) is 87.0 cm³/mol. The monoisotopic (exact) mass is 387 g/mol. The lowest BCUT2D eigenvalue weighted by Crippen LogP contribution is -2.65. The van der Waals surface area contributed by atoms with Gasteiger partial charge in [-0.25, -0.2) is 21.6 Å². The Labute approximate surface area is 145 Å². The van der Waals surface area contributed by atoms with Crippen LogP contribution in [0.25, 0.3) is 0 Å². The topological polar surface area (TPSA) is 126 Å². The van der Waals surface area contributed by atoms with E-state index in [0.29, 0.717) is 0 Å². The Morgan fingerprint density at radius 1 is 1.24 bits per heavy atom. The van der Waals surface area contributed by atoms with E-state index in [9.17, 15) is 31.5 Å². The maximum absolute atomic E-state index is 12.7. The van der Waals surface area contributed by atoms with Crippen molar-refractivity contribution < 1.29 is 31.5 Å². The van der Waals surface area contributed by atoms with Crippen LogP contribution < -0.4 is 0 Å². The second-order valence-electron chi connectivity index (χ2n) is 6.73. The summed E-state index contributed by atoms with van der Waals surface area (Å²) in [6.07, 6.45) is 0. The van der Waals surface area contributed by atoms with E-state index in [2.05, 4.69) is 0 Å². The zero-order valence-electron chi connectivity index (χ0n) is 13.5. The molecule has 8 nitrogen and oxygen atoms in total. The van der Waals surface area contributed by atoms with Crippen LogP contribution in [0.15, 0.2) is 35.2 Å². The van der Waals surface area contributed by atoms with Crippen LogP contribution in [-0.2, 0) is 29.3 Å². The molecule has 0 spiro atoms. The van der Waals surface area contributed by atoms with Gasteiger partial charge in [-0.1, -0.05) is 18.2 Å². The third-order valence-corrected chi connectivity index (χ3v) is 9.58. The molecule has 10 heteroatoms. The van der Waals surface area contributed by atoms with Crippen molar-refractivity contribution in [3.8, 4) is 0 Å². The molecule has 1 N–H and O–H groups in total. The molecule has 2 aliphatic rings. The highest BCUT2D eigenvalue weighted by atomic mass is 32.2. The summed E-state index contributed by atoms with van der Waals surface area (Å²) in [4.78, 5) is 24.6. The highest BCUT2D eigenvalue weighted by Gasteiger charge is 2.72. The van der Waals surface area contributed by atoms with Crippen molar-refractivity contribution in [3.63, 3.8) is 0 Å². The lowest BCUT2D eigenvalue weighted by molar-refractivity contribution is -0.162. The van der Waals surface area contributed by atoms with Gasteiger partial charge in [-0.3, -0.25) is 4.79 Å². The van der Waals surface area contributed by atoms with Gasteiger partial charge in [0.1, 0.15) is 11.4 Å². The van der Waals surface area contributed by atoms with Gasteiger partial charge >= 0.3 is 5.97 Å². The summed E-state index contributed by atoms with van der Waals surface area (Å²) >= 11 is 0. The standard InChI is InChI=1S/C15H17NO7S2/c1-15(2)11(14(18)19)16-12(17)10(13(16)25(15,22)23)8-24(20,21)9-6-4-3-5-7-9/h3-7,10-11,13H,8H2,1-2H3,(H,18,19)/t10-,11-,13+/m0/s1. The van der Waals surface area contributed by atoms with E-state index in [1.807, 2.05) is 0 Å². The number of aliphatic carboxylic acids is 1. The Morgan fingerprint density at radius 2 is 1.80 bits per heavy atom. The first-order valence-corrected chi connectivity index (χ1v) is 10.7. The molecule has 2 fully saturated rings. The fourth-order valence-corrected chi connectivity index (χ4v) is 7.52. The molecule has 2 aliphatic heterocycles. The van der Waals surface area contributed by atoms with E-state index in [-0.39, 0.29) is 4.90 Å². The SMILES string of the molecule is CC1(C)[C@H](C(=O)O)N2C(=O)[C@H](CS(=O)(=O)c3ccccc3)[C@H]2S1(=O)=O. The van der Waals surface area contributed by atoms with Crippen LogP contribution in [0.3, 0.4) is 0 Å². The summed E-state index contributed by atoms with van der Waals surface area (Å²) in [5.41, 5.74) is 0. The minimum Gasteiger partial charge on any atom is -0.480 e. The number of β-lactam (4-membered cyclic amide) rings is 1. The average Bonchev–Trinajstić information content (AvgIpc) is 2.67. The number of carboxylic acids is 1. The van der Waals surface area contributed by atoms with Crippen molar-refractivity contribution in [2.45, 2.75) is 34.9 Å². The first kappa shape index (κ1) is 17.9. The third kappa shape index (κ3) is 2.30. The van der Waals surface area contributed by atoms with Gasteiger partial charge in [0.25, 0.3) is 0 Å². The quantitative estimate of drug-likeness (QED) is 0.715. The van der Waals surface area contributed by atoms with E-state index in [4.69, 9.17) is 0 Å². The molecule has 136 valence electrons. The molecule has 3 rings (SSSR count). The largest absolute Gasteiger partial charge is 0.480 e. The van der Waals surface area contributed by atoms with Gasteiger partial charge in [-0.15, -0.1) is 0 Å². The summed E-state index contributed by atoms with van der Waals surface area (Å²) in [6.45, 7) is 2.49. The number of hydrogen-bond acceptors (Lipinski definition) is 6. The van der Waals surface area contributed by atoms with Crippen molar-refractivity contribution in [1.82, 2.24) is 4.90 Å². The van der Waals surface area contributed by atoms with Gasteiger partial charge in [0.15, 0.2) is 19.7 Å². The molecule has 2 heterocycles. The van der Waals surface area contributed by atoms with Crippen LogP contribution in [0.2, 0.25) is 0 Å². The van der Waals surface area contributed by atoms with Gasteiger partial charge in [0, 0.05) is 0 Å². The Hall–Kier alpha value is -1.94. The van der Waals surface area contributed by atoms with Crippen molar-refractivity contribution in [2.75, 3.05) is 5.75 Å². The van der Waals surface area contributed by atoms with Crippen LogP contribution in [0, 0.1) is 5.92 Å². The van der Waals surface area contributed by atoms with E-state index < -0.39 is 59.4 Å². The fraction of sp³-hybridized carbons (Fsp3) is 0.467. The second kappa shape index (κ2) is 5.28. The maximum Gasteiger partial charge on any atom is 0.328 e. The third-order valence-electron chi connectivity index (χ3n) is 4.91. The molecule has 2 saturated heterocycles. The number of carbonyl (C=O) groups excluding carboxylic acids is 1. The summed E-state index contributed by atoms with van der Waals surface area (Å²) in [7, 11) is -7.91. The van der Waals surface area contributed by atoms with Gasteiger partial charge in [0.2, 0.25) is 5.91 Å². The number of hydrogen-bond donors (Lipinski definition) is 1. The molecule has 0 aromatic heterocycles. The number of fused-ring (bicyclic) bond motifs is 1. The zero-order chi connectivity index (χ0) is 18.8. The Bertz CT molecular complexity index is 951. The molecular weight excluding hydrogens is 370 g/mol. The van der Waals surface area contributed by atoms with Crippen LogP contribution in [0.5, 0.6) is 0 Å². The number of carboxylic acid groups (broad SMARTS) is 1. The van der Waals surface area contributed by atoms with Crippen molar-refractivity contribution in [3.05, 3.63) is 30.3 Å². The van der Waals surface area contributed by atoms with E-state index in [1.165, 1.54) is 38.1 Å². The second-order valence-corrected chi connectivity index (χ2v) is 11.4. The Morgan fingerprint density at radius 3 is 2.32 bits per heavy atom. The fourth-order valence-electron chi connectivity index (χ4n) is 3.52. The minimum atomic E-state index is -4.04. The summed E-state index contributed by atoms with van der Waals surface area (Å²) in [5, 5.41) is 7.92. The predicted octanol–water partition coefficient (Wildman–Crippen LogP) is -0.0950. The first-order valence-electron chi connectivity index (χ1n) is 7.49. The normalized spacial score (nSPS) is 29.8. The van der Waals surface area contributed by atoms with Gasteiger partial charge in [0.05, 0.1) is 21.3 Å². The zero-order valence-corrected chi connectivity index (χ0v) is 15.1. The summed E-state index contributed by atoms with van der Waals surface area (Å²) < 4.78 is 48.7. The average molecular weight is 387 g/mol. The van der Waals surface area contributed by atoms with Gasteiger partial charge in [-0.05, 0) is 26.0 Å². The molecule has 0 radical (unpaired) electrons. The van der Waals surface area contributed by atoms with Gasteiger partial charge in [-0.2, -0.15) is 0 Å². The molecule has 0 aliphatic carbocycles. The van der Waals surface area contributed by atoms with E-state index in [0.717, 1.165) is 4.90 Å². The summed E-state index contributed by atoms with van der Waals surface area (Å²) in [6, 6.07) is 5.89. The summed E-state index contributed by atoms with van der Waals surface area (Å²) in [5.74, 6) is -4.14. The number of amides is 1. The Kier molecular flexibility index (Phi) is 3.77. The molecule has 1 aromatic rings. The lowest BCUT2D eigenvalue weighted by Gasteiger charge is -2.42. The number of sulfone groups is 2. The van der Waals surface area contributed by atoms with Crippen LogP contribution in [0.4, 0.5) is 0 Å². The first-order chi connectivity index (χ1) is 11.4. The molecule has 1 aromatic carbocycles. The molecule has 1 amide bonds. The van der Waals surface area contributed by atoms with Crippen molar-refractivity contribution >= 4 is 31.6 Å². The molecule has 0 saturated carbocycles. The maximum atomic E-state index is 12.7. The number of carbonyl (C=O) groups is 2. The molecule has 3 atom stereocenters. The van der Waals surface area contributed by atoms with Gasteiger partial charge < -0.3 is 10.0 Å². The number of benzene rings is 1. The van der Waals surface area contributed by atoms with Crippen LogP contribution in [0.1, 0.15) is 13.8 Å². The number of nitrogens with zero attached hydrogens (tertiary/aromatic N) is 1. The molecule has 0 bridgehead atoms. The van der Waals surface area contributed by atoms with Crippen molar-refractivity contribution in [1.29, 1.82) is 0 Å². The van der Waals surface area contributed by atoms with Crippen LogP contribution >= 0.6 is 0 Å². The smallest absolute Gasteiger partial charge is 0.328 e. The minimum absolute atomic E-state index is 0.00862. The van der Waals surface area contributed by atoms with Crippen LogP contribution in [-0.4, -0.2) is 60.6 Å². The van der Waals surface area contributed by atoms with E-state index >= 15 is 0 Å². The highest BCUT2D eigenvalue weighted by Crippen LogP contribution is 2.49. The molecule has 0 unspecified atom stereocenters. The lowest BCUT2D eigenvalue weighted by atomic mass is 9.93. The molecule has 25 heavy (non-hydrogen) atoms. The Balaban J connectivity index is 1.98. The highest BCUT2D eigenvalue weighted by molar-refractivity contribution is 7.94. The molecular formula is C15H17NO7S2. The number of rotatable bonds is 4. The van der Waals surface area contributed by atoms with E-state index in [1.54, 1.807) is 6.07 Å². The van der Waals surface area contributed by atoms with Crippen molar-refractivity contribution in [2.24, 2.45) is 5.92 Å².